The maximum atomic E-state index is 12.8. The van der Waals surface area contributed by atoms with Gasteiger partial charge in [0.25, 0.3) is 5.91 Å². The van der Waals surface area contributed by atoms with E-state index in [0.717, 1.165) is 34.8 Å². The first kappa shape index (κ1) is 24.5. The zero-order valence-corrected chi connectivity index (χ0v) is 19.1. The number of para-hydroxylation sites is 2. The molecule has 2 N–H and O–H groups in total. The number of halogens is 3. The van der Waals surface area contributed by atoms with Crippen LogP contribution in [0.5, 0.6) is 0 Å². The van der Waals surface area contributed by atoms with E-state index < -0.39 is 17.6 Å². The van der Waals surface area contributed by atoms with Crippen molar-refractivity contribution in [3.8, 4) is 0 Å². The number of hydrogen-bond donors (Lipinski definition) is 2. The Morgan fingerprint density at radius 1 is 0.778 bits per heavy atom. The molecule has 0 radical (unpaired) electrons. The maximum Gasteiger partial charge on any atom is 0.416 e. The van der Waals surface area contributed by atoms with Crippen LogP contribution in [0, 0.1) is 0 Å². The van der Waals surface area contributed by atoms with E-state index in [0.29, 0.717) is 0 Å². The molecular formula is C28H23F3N4O. The molecule has 36 heavy (non-hydrogen) atoms. The van der Waals surface area contributed by atoms with Crippen LogP contribution in [-0.4, -0.2) is 18.7 Å². The van der Waals surface area contributed by atoms with Crippen LogP contribution in [0.2, 0.25) is 0 Å². The fourth-order valence-corrected chi connectivity index (χ4v) is 3.52. The third-order valence-corrected chi connectivity index (χ3v) is 5.23. The third-order valence-electron chi connectivity index (χ3n) is 5.23. The molecule has 182 valence electrons. The highest BCUT2D eigenvalue weighted by atomic mass is 19.4. The second-order valence-electron chi connectivity index (χ2n) is 7.82. The monoisotopic (exact) mass is 488 g/mol. The molecule has 1 amide bonds. The van der Waals surface area contributed by atoms with Crippen molar-refractivity contribution in [2.24, 2.45) is 5.10 Å². The number of hydrogen-bond acceptors (Lipinski definition) is 4. The molecule has 0 fully saturated rings. The number of carbonyl (C=O) groups excluding carboxylic acids is 1. The largest absolute Gasteiger partial charge is 0.416 e. The van der Waals surface area contributed by atoms with Gasteiger partial charge in [-0.25, -0.2) is 5.43 Å². The molecule has 0 atom stereocenters. The summed E-state index contributed by atoms with van der Waals surface area (Å²) >= 11 is 0. The van der Waals surface area contributed by atoms with Gasteiger partial charge in [-0.15, -0.1) is 0 Å². The van der Waals surface area contributed by atoms with Crippen LogP contribution in [0.1, 0.15) is 11.1 Å². The Morgan fingerprint density at radius 2 is 1.36 bits per heavy atom. The fourth-order valence-electron chi connectivity index (χ4n) is 3.52. The molecule has 0 unspecified atom stereocenters. The number of anilines is 4. The Hall–Kier alpha value is -4.59. The molecule has 0 heterocycles. The number of amides is 1. The van der Waals surface area contributed by atoms with E-state index in [2.05, 4.69) is 20.7 Å². The highest BCUT2D eigenvalue weighted by molar-refractivity contribution is 5.85. The van der Waals surface area contributed by atoms with E-state index in [9.17, 15) is 18.0 Å². The molecule has 8 heteroatoms. The van der Waals surface area contributed by atoms with Gasteiger partial charge in [0.2, 0.25) is 0 Å². The van der Waals surface area contributed by atoms with E-state index in [4.69, 9.17) is 0 Å². The van der Waals surface area contributed by atoms with E-state index in [1.165, 1.54) is 18.3 Å². The molecular weight excluding hydrogens is 465 g/mol. The lowest BCUT2D eigenvalue weighted by atomic mass is 10.1. The summed E-state index contributed by atoms with van der Waals surface area (Å²) in [6.07, 6.45) is -2.94. The average molecular weight is 489 g/mol. The number of nitrogens with zero attached hydrogens (tertiary/aromatic N) is 2. The summed E-state index contributed by atoms with van der Waals surface area (Å²) in [5.74, 6) is -0.486. The summed E-state index contributed by atoms with van der Waals surface area (Å²) in [5, 5.41) is 6.61. The summed E-state index contributed by atoms with van der Waals surface area (Å²) < 4.78 is 38.4. The Labute approximate surface area is 206 Å². The van der Waals surface area contributed by atoms with Crippen molar-refractivity contribution in [2.45, 2.75) is 6.18 Å². The van der Waals surface area contributed by atoms with Crippen molar-refractivity contribution >= 4 is 34.9 Å². The van der Waals surface area contributed by atoms with Gasteiger partial charge in [-0.3, -0.25) is 4.79 Å². The maximum absolute atomic E-state index is 12.8. The standard InChI is InChI=1S/C28H23F3N4O/c29-28(30,31)22-8-7-9-23(18-22)32-20-27(36)34-33-19-21-14-16-26(17-15-21)35(24-10-3-1-4-11-24)25-12-5-2-6-13-25/h1-19,32H,20H2,(H,34,36)/b33-19-. The summed E-state index contributed by atoms with van der Waals surface area (Å²) in [7, 11) is 0. The second-order valence-corrected chi connectivity index (χ2v) is 7.82. The van der Waals surface area contributed by atoms with Gasteiger partial charge in [-0.05, 0) is 60.2 Å². The zero-order valence-electron chi connectivity index (χ0n) is 19.1. The zero-order chi connectivity index (χ0) is 25.4. The molecule has 0 aliphatic heterocycles. The Kier molecular flexibility index (Phi) is 7.65. The third kappa shape index (κ3) is 6.50. The molecule has 0 spiro atoms. The lowest BCUT2D eigenvalue weighted by molar-refractivity contribution is -0.137. The summed E-state index contributed by atoms with van der Waals surface area (Å²) in [5.41, 5.74) is 5.55. The van der Waals surface area contributed by atoms with Crippen LogP contribution < -0.4 is 15.6 Å². The summed E-state index contributed by atoms with van der Waals surface area (Å²) in [6, 6.07) is 32.3. The minimum Gasteiger partial charge on any atom is -0.376 e. The topological polar surface area (TPSA) is 56.7 Å². The Bertz CT molecular complexity index is 1270. The van der Waals surface area contributed by atoms with Crippen molar-refractivity contribution in [2.75, 3.05) is 16.8 Å². The molecule has 0 aliphatic carbocycles. The lowest BCUT2D eigenvalue weighted by Crippen LogP contribution is -2.26. The van der Waals surface area contributed by atoms with Crippen LogP contribution in [0.4, 0.5) is 35.9 Å². The number of nitrogens with one attached hydrogen (secondary N) is 2. The molecule has 0 aromatic heterocycles. The lowest BCUT2D eigenvalue weighted by Gasteiger charge is -2.25. The van der Waals surface area contributed by atoms with Gasteiger partial charge in [-0.2, -0.15) is 18.3 Å². The molecule has 4 aromatic carbocycles. The van der Waals surface area contributed by atoms with E-state index >= 15 is 0 Å². The van der Waals surface area contributed by atoms with Crippen molar-refractivity contribution in [3.05, 3.63) is 120 Å². The first-order chi connectivity index (χ1) is 17.4. The molecule has 0 bridgehead atoms. The summed E-state index contributed by atoms with van der Waals surface area (Å²) in [4.78, 5) is 14.2. The van der Waals surface area contributed by atoms with Gasteiger partial charge < -0.3 is 10.2 Å². The van der Waals surface area contributed by atoms with Crippen LogP contribution in [0.15, 0.2) is 114 Å². The SMILES string of the molecule is O=C(CNc1cccc(C(F)(F)F)c1)N/N=C\c1ccc(N(c2ccccc2)c2ccccc2)cc1. The molecule has 4 rings (SSSR count). The Balaban J connectivity index is 1.37. The van der Waals surface area contributed by atoms with Gasteiger partial charge in [-0.1, -0.05) is 54.6 Å². The molecule has 0 saturated heterocycles. The molecule has 4 aromatic rings. The normalized spacial score (nSPS) is 11.3. The van der Waals surface area contributed by atoms with E-state index in [1.807, 2.05) is 84.9 Å². The predicted octanol–water partition coefficient (Wildman–Crippen LogP) is 6.74. The van der Waals surface area contributed by atoms with E-state index in [1.54, 1.807) is 0 Å². The number of rotatable bonds is 8. The smallest absolute Gasteiger partial charge is 0.376 e. The van der Waals surface area contributed by atoms with Crippen molar-refractivity contribution in [3.63, 3.8) is 0 Å². The van der Waals surface area contributed by atoms with Crippen molar-refractivity contribution < 1.29 is 18.0 Å². The van der Waals surface area contributed by atoms with Crippen LogP contribution in [-0.2, 0) is 11.0 Å². The van der Waals surface area contributed by atoms with Crippen LogP contribution in [0.3, 0.4) is 0 Å². The fraction of sp³-hybridized carbons (Fsp3) is 0.0714. The van der Waals surface area contributed by atoms with Crippen LogP contribution >= 0.6 is 0 Å². The molecule has 5 nitrogen and oxygen atoms in total. The van der Waals surface area contributed by atoms with Gasteiger partial charge in [0.1, 0.15) is 0 Å². The molecule has 0 saturated carbocycles. The quantitative estimate of drug-likeness (QED) is 0.213. The number of hydrazone groups is 1. The number of alkyl halides is 3. The van der Waals surface area contributed by atoms with Crippen molar-refractivity contribution in [1.29, 1.82) is 0 Å². The average Bonchev–Trinajstić information content (AvgIpc) is 2.89. The first-order valence-electron chi connectivity index (χ1n) is 11.1. The number of benzene rings is 4. The van der Waals surface area contributed by atoms with Gasteiger partial charge in [0, 0.05) is 22.7 Å². The minimum absolute atomic E-state index is 0.195. The number of carbonyl (C=O) groups is 1. The predicted molar refractivity (Wildman–Crippen MR) is 137 cm³/mol. The molecule has 0 aliphatic rings. The first-order valence-corrected chi connectivity index (χ1v) is 11.1. The van der Waals surface area contributed by atoms with Crippen LogP contribution in [0.25, 0.3) is 0 Å². The van der Waals surface area contributed by atoms with Gasteiger partial charge in [0.15, 0.2) is 0 Å². The summed E-state index contributed by atoms with van der Waals surface area (Å²) in [6.45, 7) is -0.222. The van der Waals surface area contributed by atoms with Gasteiger partial charge in [0.05, 0.1) is 18.3 Å². The highest BCUT2D eigenvalue weighted by Crippen LogP contribution is 2.34. The van der Waals surface area contributed by atoms with E-state index in [-0.39, 0.29) is 12.2 Å². The Morgan fingerprint density at radius 3 is 1.94 bits per heavy atom. The minimum atomic E-state index is -4.45. The van der Waals surface area contributed by atoms with Gasteiger partial charge >= 0.3 is 6.18 Å². The second kappa shape index (κ2) is 11.2. The van der Waals surface area contributed by atoms with Crippen molar-refractivity contribution in [1.82, 2.24) is 5.43 Å². The highest BCUT2D eigenvalue weighted by Gasteiger charge is 2.30.